The lowest BCUT2D eigenvalue weighted by atomic mass is 10.1. The molecule has 0 radical (unpaired) electrons. The number of halogens is 2. The Hall–Kier alpha value is -1.78. The van der Waals surface area contributed by atoms with E-state index >= 15 is 0 Å². The number of hydrogen-bond donors (Lipinski definition) is 1. The smallest absolute Gasteiger partial charge is 0.131 e. The zero-order valence-corrected chi connectivity index (χ0v) is 11.1. The molecule has 0 aliphatic carbocycles. The molecule has 0 aliphatic rings. The predicted molar refractivity (Wildman–Crippen MR) is 74.1 cm³/mol. The second kappa shape index (κ2) is 7.12. The van der Waals surface area contributed by atoms with E-state index in [1.807, 2.05) is 30.3 Å². The first-order chi connectivity index (χ1) is 9.70. The summed E-state index contributed by atoms with van der Waals surface area (Å²) in [6, 6.07) is 12.1. The third kappa shape index (κ3) is 3.85. The molecule has 4 heteroatoms. The minimum atomic E-state index is -0.582. The van der Waals surface area contributed by atoms with Gasteiger partial charge in [-0.1, -0.05) is 30.3 Å². The number of nitrogens with two attached hydrogens (primary N) is 1. The lowest BCUT2D eigenvalue weighted by molar-refractivity contribution is 0.102. The fourth-order valence-corrected chi connectivity index (χ4v) is 1.95. The zero-order valence-electron chi connectivity index (χ0n) is 11.1. The first-order valence-corrected chi connectivity index (χ1v) is 6.49. The monoisotopic (exact) mass is 277 g/mol. The summed E-state index contributed by atoms with van der Waals surface area (Å²) in [6.45, 7) is 0.600. The largest absolute Gasteiger partial charge is 0.372 e. The molecule has 0 spiro atoms. The van der Waals surface area contributed by atoms with Crippen LogP contribution in [0.4, 0.5) is 8.78 Å². The summed E-state index contributed by atoms with van der Waals surface area (Å²) in [4.78, 5) is 0. The molecule has 0 fully saturated rings. The molecule has 0 saturated carbocycles. The number of ether oxygens (including phenoxy) is 1. The van der Waals surface area contributed by atoms with Gasteiger partial charge >= 0.3 is 0 Å². The summed E-state index contributed by atoms with van der Waals surface area (Å²) in [5.41, 5.74) is 6.86. The highest BCUT2D eigenvalue weighted by molar-refractivity contribution is 5.26. The van der Waals surface area contributed by atoms with E-state index < -0.39 is 11.6 Å². The van der Waals surface area contributed by atoms with Gasteiger partial charge in [0.2, 0.25) is 0 Å². The van der Waals surface area contributed by atoms with Crippen LogP contribution in [0.5, 0.6) is 0 Å². The molecular formula is C16H17F2NO. The van der Waals surface area contributed by atoms with Gasteiger partial charge in [-0.05, 0) is 36.2 Å². The number of hydrogen-bond acceptors (Lipinski definition) is 2. The fourth-order valence-electron chi connectivity index (χ4n) is 1.95. The van der Waals surface area contributed by atoms with E-state index in [1.54, 1.807) is 0 Å². The highest BCUT2D eigenvalue weighted by atomic mass is 19.1. The van der Waals surface area contributed by atoms with Gasteiger partial charge in [0.05, 0.1) is 13.2 Å². The molecule has 2 N–H and O–H groups in total. The molecule has 0 heterocycles. The summed E-state index contributed by atoms with van der Waals surface area (Å²) in [7, 11) is 0. The van der Waals surface area contributed by atoms with Crippen molar-refractivity contribution < 1.29 is 13.5 Å². The van der Waals surface area contributed by atoms with Crippen molar-refractivity contribution in [2.24, 2.45) is 5.73 Å². The van der Waals surface area contributed by atoms with Crippen molar-refractivity contribution in [2.45, 2.75) is 19.6 Å². The molecule has 0 amide bonds. The molecule has 0 saturated heterocycles. The second-order valence-electron chi connectivity index (χ2n) is 4.56. The molecule has 2 nitrogen and oxygen atoms in total. The van der Waals surface area contributed by atoms with Crippen molar-refractivity contribution in [3.05, 3.63) is 70.8 Å². The minimum Gasteiger partial charge on any atom is -0.372 e. The van der Waals surface area contributed by atoms with E-state index in [1.165, 1.54) is 12.1 Å². The van der Waals surface area contributed by atoms with Crippen LogP contribution in [0, 0.1) is 11.6 Å². The molecule has 0 aliphatic heterocycles. The molecule has 2 aromatic carbocycles. The zero-order chi connectivity index (χ0) is 14.4. The average molecular weight is 277 g/mol. The van der Waals surface area contributed by atoms with Gasteiger partial charge in [-0.15, -0.1) is 0 Å². The average Bonchev–Trinajstić information content (AvgIpc) is 2.43. The van der Waals surface area contributed by atoms with Gasteiger partial charge in [0.1, 0.15) is 11.6 Å². The standard InChI is InChI=1S/C16H17F2NO/c17-15-8-13(6-7-19)9-16(18)14(15)11-20-10-12-4-2-1-3-5-12/h1-5,8-9H,6-7,10-11,19H2. The summed E-state index contributed by atoms with van der Waals surface area (Å²) in [6.07, 6.45) is 0.457. The quantitative estimate of drug-likeness (QED) is 0.880. The van der Waals surface area contributed by atoms with Crippen LogP contribution in [0.1, 0.15) is 16.7 Å². The van der Waals surface area contributed by atoms with Crippen LogP contribution < -0.4 is 5.73 Å². The van der Waals surface area contributed by atoms with Crippen molar-refractivity contribution in [1.29, 1.82) is 0 Å². The maximum absolute atomic E-state index is 13.8. The van der Waals surface area contributed by atoms with Crippen molar-refractivity contribution in [3.63, 3.8) is 0 Å². The Balaban J connectivity index is 1.99. The van der Waals surface area contributed by atoms with E-state index in [9.17, 15) is 8.78 Å². The topological polar surface area (TPSA) is 35.2 Å². The summed E-state index contributed by atoms with van der Waals surface area (Å²) >= 11 is 0. The van der Waals surface area contributed by atoms with E-state index in [0.717, 1.165) is 5.56 Å². The third-order valence-electron chi connectivity index (χ3n) is 2.99. The number of benzene rings is 2. The lowest BCUT2D eigenvalue weighted by Crippen LogP contribution is -2.06. The van der Waals surface area contributed by atoms with Gasteiger partial charge < -0.3 is 10.5 Å². The maximum Gasteiger partial charge on any atom is 0.131 e. The molecule has 2 rings (SSSR count). The fraction of sp³-hybridized carbons (Fsp3) is 0.250. The lowest BCUT2D eigenvalue weighted by Gasteiger charge is -2.09. The summed E-state index contributed by atoms with van der Waals surface area (Å²) < 4.78 is 33.0. The molecule has 2 aromatic rings. The van der Waals surface area contributed by atoms with Crippen LogP contribution in [-0.4, -0.2) is 6.54 Å². The number of rotatable bonds is 6. The molecule has 0 atom stereocenters. The normalized spacial score (nSPS) is 10.8. The van der Waals surface area contributed by atoms with Crippen molar-refractivity contribution in [2.75, 3.05) is 6.54 Å². The van der Waals surface area contributed by atoms with Crippen LogP contribution >= 0.6 is 0 Å². The predicted octanol–water partition coefficient (Wildman–Crippen LogP) is 3.18. The Morgan fingerprint density at radius 2 is 1.55 bits per heavy atom. The van der Waals surface area contributed by atoms with Crippen LogP contribution in [0.2, 0.25) is 0 Å². The van der Waals surface area contributed by atoms with E-state index in [-0.39, 0.29) is 12.2 Å². The molecule has 20 heavy (non-hydrogen) atoms. The van der Waals surface area contributed by atoms with Crippen LogP contribution in [0.15, 0.2) is 42.5 Å². The highest BCUT2D eigenvalue weighted by Gasteiger charge is 2.11. The van der Waals surface area contributed by atoms with E-state index in [2.05, 4.69) is 0 Å². The Labute approximate surface area is 117 Å². The third-order valence-corrected chi connectivity index (χ3v) is 2.99. The van der Waals surface area contributed by atoms with Crippen LogP contribution in [-0.2, 0) is 24.4 Å². The van der Waals surface area contributed by atoms with Gasteiger partial charge in [-0.25, -0.2) is 8.78 Å². The molecule has 0 unspecified atom stereocenters. The molecule has 0 aromatic heterocycles. The van der Waals surface area contributed by atoms with Gasteiger partial charge in [0.15, 0.2) is 0 Å². The highest BCUT2D eigenvalue weighted by Crippen LogP contribution is 2.17. The van der Waals surface area contributed by atoms with Gasteiger partial charge in [0, 0.05) is 5.56 Å². The Bertz CT molecular complexity index is 535. The molecule has 106 valence electrons. The van der Waals surface area contributed by atoms with Crippen LogP contribution in [0.3, 0.4) is 0 Å². The second-order valence-corrected chi connectivity index (χ2v) is 4.56. The van der Waals surface area contributed by atoms with Crippen molar-refractivity contribution in [1.82, 2.24) is 0 Å². The van der Waals surface area contributed by atoms with Gasteiger partial charge in [-0.3, -0.25) is 0 Å². The van der Waals surface area contributed by atoms with Gasteiger partial charge in [-0.2, -0.15) is 0 Å². The van der Waals surface area contributed by atoms with E-state index in [4.69, 9.17) is 10.5 Å². The van der Waals surface area contributed by atoms with Crippen LogP contribution in [0.25, 0.3) is 0 Å². The summed E-state index contributed by atoms with van der Waals surface area (Å²) in [5, 5.41) is 0. The molecular weight excluding hydrogens is 260 g/mol. The maximum atomic E-state index is 13.8. The first kappa shape index (κ1) is 14.6. The Kier molecular flexibility index (Phi) is 5.21. The first-order valence-electron chi connectivity index (χ1n) is 6.49. The summed E-state index contributed by atoms with van der Waals surface area (Å²) in [5.74, 6) is -1.16. The molecule has 0 bridgehead atoms. The van der Waals surface area contributed by atoms with E-state index in [0.29, 0.717) is 25.1 Å². The SMILES string of the molecule is NCCc1cc(F)c(COCc2ccccc2)c(F)c1. The minimum absolute atomic E-state index is 0.0401. The van der Waals surface area contributed by atoms with Crippen molar-refractivity contribution >= 4 is 0 Å². The Morgan fingerprint density at radius 1 is 0.900 bits per heavy atom. The Morgan fingerprint density at radius 3 is 2.15 bits per heavy atom. The van der Waals surface area contributed by atoms with Gasteiger partial charge in [0.25, 0.3) is 0 Å². The van der Waals surface area contributed by atoms with Crippen molar-refractivity contribution in [3.8, 4) is 0 Å².